The highest BCUT2D eigenvalue weighted by molar-refractivity contribution is 6.32. The van der Waals surface area contributed by atoms with Crippen molar-refractivity contribution in [3.8, 4) is 5.75 Å². The zero-order valence-electron chi connectivity index (χ0n) is 11.1. The molecule has 0 saturated heterocycles. The Hall–Kier alpha value is -0.810. The lowest BCUT2D eigenvalue weighted by Crippen LogP contribution is -2.22. The highest BCUT2D eigenvalue weighted by atomic mass is 35.5. The highest BCUT2D eigenvalue weighted by Gasteiger charge is 2.20. The van der Waals surface area contributed by atoms with Gasteiger partial charge in [-0.3, -0.25) is 0 Å². The first kappa shape index (κ1) is 14.6. The summed E-state index contributed by atoms with van der Waals surface area (Å²) in [5, 5.41) is 13.5. The van der Waals surface area contributed by atoms with Crippen molar-refractivity contribution in [3.63, 3.8) is 0 Å². The van der Waals surface area contributed by atoms with E-state index in [1.54, 1.807) is 0 Å². The van der Waals surface area contributed by atoms with Gasteiger partial charge in [-0.2, -0.15) is 0 Å². The molecule has 1 aliphatic rings. The number of nitrogens with one attached hydrogen (secondary N) is 1. The molecule has 1 aromatic carbocycles. The fraction of sp³-hybridized carbons (Fsp3) is 0.571. The van der Waals surface area contributed by atoms with Gasteiger partial charge in [-0.25, -0.2) is 0 Å². The van der Waals surface area contributed by atoms with Gasteiger partial charge in [0.1, 0.15) is 18.5 Å². The number of hydrogen-bond acceptors (Lipinski definition) is 4. The van der Waals surface area contributed by atoms with Crippen molar-refractivity contribution in [2.75, 3.05) is 20.3 Å². The molecule has 0 amide bonds. The molecule has 1 fully saturated rings. The number of rotatable bonds is 8. The van der Waals surface area contributed by atoms with E-state index < -0.39 is 6.10 Å². The lowest BCUT2D eigenvalue weighted by Gasteiger charge is -2.13. The van der Waals surface area contributed by atoms with Gasteiger partial charge < -0.3 is 19.9 Å². The summed E-state index contributed by atoms with van der Waals surface area (Å²) < 4.78 is 10.3. The minimum atomic E-state index is -0.641. The van der Waals surface area contributed by atoms with E-state index in [1.807, 2.05) is 18.2 Å². The van der Waals surface area contributed by atoms with Crippen molar-refractivity contribution >= 4 is 11.6 Å². The molecule has 2 N–H and O–H groups in total. The molecular formula is C14H20ClNO3. The molecule has 1 saturated carbocycles. The van der Waals surface area contributed by atoms with Gasteiger partial charge in [-0.1, -0.05) is 17.7 Å². The van der Waals surface area contributed by atoms with E-state index >= 15 is 0 Å². The first-order valence-corrected chi connectivity index (χ1v) is 6.88. The van der Waals surface area contributed by atoms with Crippen molar-refractivity contribution in [2.24, 2.45) is 0 Å². The van der Waals surface area contributed by atoms with Crippen LogP contribution in [-0.2, 0) is 11.3 Å². The summed E-state index contributed by atoms with van der Waals surface area (Å²) in [7, 11) is 1.54. The van der Waals surface area contributed by atoms with Crippen molar-refractivity contribution < 1.29 is 14.6 Å². The van der Waals surface area contributed by atoms with Crippen LogP contribution in [0.15, 0.2) is 18.2 Å². The van der Waals surface area contributed by atoms with Crippen molar-refractivity contribution in [2.45, 2.75) is 31.5 Å². The molecule has 1 unspecified atom stereocenters. The van der Waals surface area contributed by atoms with E-state index in [0.29, 0.717) is 16.8 Å². The van der Waals surface area contributed by atoms with E-state index in [4.69, 9.17) is 21.1 Å². The number of benzene rings is 1. The van der Waals surface area contributed by atoms with Gasteiger partial charge in [0, 0.05) is 19.7 Å². The van der Waals surface area contributed by atoms with Crippen LogP contribution in [0.2, 0.25) is 5.02 Å². The fourth-order valence-electron chi connectivity index (χ4n) is 1.75. The predicted molar refractivity (Wildman–Crippen MR) is 74.7 cm³/mol. The van der Waals surface area contributed by atoms with Crippen LogP contribution >= 0.6 is 11.6 Å². The smallest absolute Gasteiger partial charge is 0.138 e. The molecule has 0 aromatic heterocycles. The summed E-state index contributed by atoms with van der Waals surface area (Å²) in [5.41, 5.74) is 1.14. The Morgan fingerprint density at radius 2 is 2.21 bits per heavy atom. The molecule has 19 heavy (non-hydrogen) atoms. The molecule has 5 heteroatoms. The van der Waals surface area contributed by atoms with Crippen LogP contribution in [0.5, 0.6) is 5.75 Å². The molecule has 106 valence electrons. The Labute approximate surface area is 118 Å². The number of methoxy groups -OCH3 is 1. The summed E-state index contributed by atoms with van der Waals surface area (Å²) in [5.74, 6) is 0.590. The van der Waals surface area contributed by atoms with E-state index in [2.05, 4.69) is 5.32 Å². The third-order valence-corrected chi connectivity index (χ3v) is 3.25. The van der Waals surface area contributed by atoms with Gasteiger partial charge in [-0.15, -0.1) is 0 Å². The average Bonchev–Trinajstić information content (AvgIpc) is 3.19. The number of hydrogen-bond donors (Lipinski definition) is 2. The molecule has 1 atom stereocenters. The van der Waals surface area contributed by atoms with Gasteiger partial charge in [0.25, 0.3) is 0 Å². The van der Waals surface area contributed by atoms with Crippen molar-refractivity contribution in [1.29, 1.82) is 0 Å². The minimum absolute atomic E-state index is 0.174. The Balaban J connectivity index is 1.83. The van der Waals surface area contributed by atoms with Gasteiger partial charge in [0.05, 0.1) is 11.6 Å². The SMILES string of the molecule is COCC(O)COc1ccc(CNC2CC2)cc1Cl. The predicted octanol–water partition coefficient (Wildman–Crippen LogP) is 1.98. The number of aliphatic hydroxyl groups excluding tert-OH is 1. The third kappa shape index (κ3) is 4.99. The van der Waals surface area contributed by atoms with E-state index in [0.717, 1.165) is 12.1 Å². The summed E-state index contributed by atoms with van der Waals surface area (Å²) in [4.78, 5) is 0. The van der Waals surface area contributed by atoms with Crippen LogP contribution in [0.4, 0.5) is 0 Å². The molecule has 0 aliphatic heterocycles. The Bertz CT molecular complexity index is 410. The van der Waals surface area contributed by atoms with Crippen LogP contribution in [0.25, 0.3) is 0 Å². The topological polar surface area (TPSA) is 50.7 Å². The summed E-state index contributed by atoms with van der Waals surface area (Å²) in [6, 6.07) is 6.40. The number of ether oxygens (including phenoxy) is 2. The van der Waals surface area contributed by atoms with Crippen LogP contribution in [0, 0.1) is 0 Å². The van der Waals surface area contributed by atoms with Crippen LogP contribution < -0.4 is 10.1 Å². The molecule has 0 heterocycles. The number of aliphatic hydroxyl groups is 1. The van der Waals surface area contributed by atoms with Gasteiger partial charge in [0.15, 0.2) is 0 Å². The van der Waals surface area contributed by atoms with E-state index in [-0.39, 0.29) is 13.2 Å². The first-order valence-electron chi connectivity index (χ1n) is 6.50. The number of halogens is 1. The molecule has 1 aliphatic carbocycles. The second kappa shape index (κ2) is 7.10. The molecule has 0 spiro atoms. The normalized spacial score (nSPS) is 16.4. The summed E-state index contributed by atoms with van der Waals surface area (Å²) in [6.07, 6.45) is 1.90. The highest BCUT2D eigenvalue weighted by Crippen LogP contribution is 2.26. The molecular weight excluding hydrogens is 266 g/mol. The van der Waals surface area contributed by atoms with Crippen LogP contribution in [0.3, 0.4) is 0 Å². The molecule has 0 radical (unpaired) electrons. The second-order valence-electron chi connectivity index (χ2n) is 4.84. The van der Waals surface area contributed by atoms with Crippen LogP contribution in [0.1, 0.15) is 18.4 Å². The lowest BCUT2D eigenvalue weighted by atomic mass is 10.2. The van der Waals surface area contributed by atoms with Crippen molar-refractivity contribution in [3.05, 3.63) is 28.8 Å². The van der Waals surface area contributed by atoms with E-state index in [1.165, 1.54) is 20.0 Å². The maximum Gasteiger partial charge on any atom is 0.138 e. The quantitative estimate of drug-likeness (QED) is 0.767. The Morgan fingerprint density at radius 3 is 2.84 bits per heavy atom. The summed E-state index contributed by atoms with van der Waals surface area (Å²) >= 11 is 6.16. The lowest BCUT2D eigenvalue weighted by molar-refractivity contribution is 0.0326. The zero-order valence-corrected chi connectivity index (χ0v) is 11.8. The van der Waals surface area contributed by atoms with Crippen LogP contribution in [-0.4, -0.2) is 37.6 Å². The summed E-state index contributed by atoms with van der Waals surface area (Å²) in [6.45, 7) is 1.26. The van der Waals surface area contributed by atoms with Crippen molar-refractivity contribution in [1.82, 2.24) is 5.32 Å². The maximum absolute atomic E-state index is 9.51. The molecule has 2 rings (SSSR count). The van der Waals surface area contributed by atoms with Gasteiger partial charge in [0.2, 0.25) is 0 Å². The first-order chi connectivity index (χ1) is 9.19. The zero-order chi connectivity index (χ0) is 13.7. The second-order valence-corrected chi connectivity index (χ2v) is 5.25. The largest absolute Gasteiger partial charge is 0.489 e. The van der Waals surface area contributed by atoms with Gasteiger partial charge >= 0.3 is 0 Å². The third-order valence-electron chi connectivity index (χ3n) is 2.96. The Morgan fingerprint density at radius 1 is 1.42 bits per heavy atom. The maximum atomic E-state index is 9.51. The monoisotopic (exact) mass is 285 g/mol. The fourth-order valence-corrected chi connectivity index (χ4v) is 2.01. The Kier molecular flexibility index (Phi) is 5.45. The average molecular weight is 286 g/mol. The minimum Gasteiger partial charge on any atom is -0.489 e. The van der Waals surface area contributed by atoms with Gasteiger partial charge in [-0.05, 0) is 30.5 Å². The molecule has 1 aromatic rings. The standard InChI is InChI=1S/C14H20ClNO3/c1-18-8-12(17)9-19-14-5-2-10(6-13(14)15)7-16-11-3-4-11/h2,5-6,11-12,16-17H,3-4,7-9H2,1H3. The molecule has 4 nitrogen and oxygen atoms in total. The molecule has 0 bridgehead atoms. The van der Waals surface area contributed by atoms with E-state index in [9.17, 15) is 5.11 Å².